The highest BCUT2D eigenvalue weighted by atomic mass is 35.5. The van der Waals surface area contributed by atoms with Crippen molar-refractivity contribution in [1.29, 1.82) is 0 Å². The van der Waals surface area contributed by atoms with Crippen LogP contribution in [0.3, 0.4) is 0 Å². The molecule has 1 aromatic rings. The third kappa shape index (κ3) is 2.74. The van der Waals surface area contributed by atoms with E-state index < -0.39 is 0 Å². The molecule has 3 rings (SSSR count). The van der Waals surface area contributed by atoms with E-state index in [0.29, 0.717) is 6.04 Å². The molecule has 2 saturated heterocycles. The van der Waals surface area contributed by atoms with Crippen LogP contribution in [0, 0.1) is 0 Å². The molecule has 20 heavy (non-hydrogen) atoms. The maximum Gasteiger partial charge on any atom is 0.0799 e. The zero-order valence-electron chi connectivity index (χ0n) is 11.8. The molecule has 2 atom stereocenters. The Morgan fingerprint density at radius 1 is 1.50 bits per heavy atom. The molecule has 0 saturated carbocycles. The molecule has 0 aromatic heterocycles. The Kier molecular flexibility index (Phi) is 4.07. The number of ether oxygens (including phenoxy) is 1. The molecule has 1 spiro atoms. The number of nitrogens with zero attached hydrogens (tertiary/aromatic N) is 1. The van der Waals surface area contributed by atoms with Gasteiger partial charge in [-0.25, -0.2) is 0 Å². The molecule has 110 valence electrons. The molecular weight excluding hydrogens is 292 g/mol. The lowest BCUT2D eigenvalue weighted by atomic mass is 9.89. The fourth-order valence-corrected chi connectivity index (χ4v) is 4.76. The van der Waals surface area contributed by atoms with Gasteiger partial charge >= 0.3 is 0 Å². The molecule has 1 aromatic carbocycles. The summed E-state index contributed by atoms with van der Waals surface area (Å²) >= 11 is 8.12. The summed E-state index contributed by atoms with van der Waals surface area (Å²) in [5.41, 5.74) is 8.02. The highest BCUT2D eigenvalue weighted by Crippen LogP contribution is 2.40. The van der Waals surface area contributed by atoms with Crippen molar-refractivity contribution in [3.63, 3.8) is 0 Å². The predicted octanol–water partition coefficient (Wildman–Crippen LogP) is 3.41. The van der Waals surface area contributed by atoms with E-state index in [-0.39, 0.29) is 5.60 Å². The summed E-state index contributed by atoms with van der Waals surface area (Å²) in [5, 5.41) is 0.735. The second-order valence-electron chi connectivity index (χ2n) is 5.79. The van der Waals surface area contributed by atoms with Crippen LogP contribution < -0.4 is 10.6 Å². The maximum absolute atomic E-state index is 6.11. The van der Waals surface area contributed by atoms with Gasteiger partial charge in [0.2, 0.25) is 0 Å². The number of halogens is 1. The van der Waals surface area contributed by atoms with Gasteiger partial charge in [-0.05, 0) is 43.2 Å². The number of anilines is 2. The Balaban J connectivity index is 1.79. The van der Waals surface area contributed by atoms with Crippen LogP contribution in [0.25, 0.3) is 0 Å². The van der Waals surface area contributed by atoms with Crippen molar-refractivity contribution in [2.75, 3.05) is 35.8 Å². The van der Waals surface area contributed by atoms with Gasteiger partial charge in [0, 0.05) is 30.5 Å². The van der Waals surface area contributed by atoms with Crippen LogP contribution >= 0.6 is 23.4 Å². The average Bonchev–Trinajstić information content (AvgIpc) is 2.88. The van der Waals surface area contributed by atoms with Gasteiger partial charge in [0.1, 0.15) is 0 Å². The quantitative estimate of drug-likeness (QED) is 0.849. The predicted molar refractivity (Wildman–Crippen MR) is 87.9 cm³/mol. The van der Waals surface area contributed by atoms with Crippen LogP contribution in [0.1, 0.15) is 19.3 Å². The summed E-state index contributed by atoms with van der Waals surface area (Å²) in [7, 11) is 2.12. The molecule has 2 unspecified atom stereocenters. The summed E-state index contributed by atoms with van der Waals surface area (Å²) in [6, 6.07) is 6.16. The highest BCUT2D eigenvalue weighted by molar-refractivity contribution is 7.99. The van der Waals surface area contributed by atoms with E-state index >= 15 is 0 Å². The fourth-order valence-electron chi connectivity index (χ4n) is 3.21. The van der Waals surface area contributed by atoms with E-state index in [2.05, 4.69) is 11.9 Å². The Bertz CT molecular complexity index is 491. The first-order valence-corrected chi connectivity index (χ1v) is 8.62. The zero-order chi connectivity index (χ0) is 14.2. The molecule has 5 heteroatoms. The van der Waals surface area contributed by atoms with Crippen molar-refractivity contribution in [3.05, 3.63) is 23.2 Å². The van der Waals surface area contributed by atoms with Crippen LogP contribution in [-0.2, 0) is 4.74 Å². The van der Waals surface area contributed by atoms with Crippen molar-refractivity contribution in [3.8, 4) is 0 Å². The molecule has 3 nitrogen and oxygen atoms in total. The molecular formula is C15H21ClN2OS. The largest absolute Gasteiger partial charge is 0.397 e. The summed E-state index contributed by atoms with van der Waals surface area (Å²) < 4.78 is 6.09. The summed E-state index contributed by atoms with van der Waals surface area (Å²) in [6.07, 6.45) is 3.31. The third-order valence-corrected chi connectivity index (χ3v) is 5.91. The van der Waals surface area contributed by atoms with Crippen molar-refractivity contribution in [1.82, 2.24) is 0 Å². The first kappa shape index (κ1) is 14.4. The van der Waals surface area contributed by atoms with Crippen LogP contribution in [0.4, 0.5) is 11.4 Å². The van der Waals surface area contributed by atoms with Gasteiger partial charge < -0.3 is 15.4 Å². The first-order chi connectivity index (χ1) is 9.60. The number of hydrogen-bond acceptors (Lipinski definition) is 4. The van der Waals surface area contributed by atoms with Crippen molar-refractivity contribution >= 4 is 34.7 Å². The minimum atomic E-state index is 0.0924. The van der Waals surface area contributed by atoms with Gasteiger partial charge in [0.05, 0.1) is 17.0 Å². The fraction of sp³-hybridized carbons (Fsp3) is 0.600. The SMILES string of the molecule is CN(c1cc(Cl)ccc1N)C1CCOC2(CCSC2)C1. The lowest BCUT2D eigenvalue weighted by Gasteiger charge is -2.42. The molecule has 0 amide bonds. The molecule has 2 heterocycles. The molecule has 2 fully saturated rings. The standard InChI is InChI=1S/C15H21ClN2OS/c1-18(14-8-11(16)2-3-13(14)17)12-4-6-19-15(9-12)5-7-20-10-15/h2-3,8,12H,4-7,9-10,17H2,1H3. The number of nitrogen functional groups attached to an aromatic ring is 1. The Morgan fingerprint density at radius 2 is 2.35 bits per heavy atom. The van der Waals surface area contributed by atoms with Gasteiger partial charge in [-0.2, -0.15) is 11.8 Å². The minimum absolute atomic E-state index is 0.0924. The van der Waals surface area contributed by atoms with E-state index in [1.165, 1.54) is 12.2 Å². The van der Waals surface area contributed by atoms with Crippen molar-refractivity contribution < 1.29 is 4.74 Å². The number of benzene rings is 1. The van der Waals surface area contributed by atoms with Crippen molar-refractivity contribution in [2.24, 2.45) is 0 Å². The lowest BCUT2D eigenvalue weighted by Crippen LogP contribution is -2.48. The maximum atomic E-state index is 6.11. The van der Waals surface area contributed by atoms with E-state index in [9.17, 15) is 0 Å². The van der Waals surface area contributed by atoms with Crippen LogP contribution in [0.2, 0.25) is 5.02 Å². The van der Waals surface area contributed by atoms with Crippen LogP contribution in [0.15, 0.2) is 18.2 Å². The van der Waals surface area contributed by atoms with E-state index in [1.807, 2.05) is 30.0 Å². The normalized spacial score (nSPS) is 29.8. The monoisotopic (exact) mass is 312 g/mol. The zero-order valence-corrected chi connectivity index (χ0v) is 13.3. The smallest absolute Gasteiger partial charge is 0.0799 e. The lowest BCUT2D eigenvalue weighted by molar-refractivity contribution is -0.0658. The average molecular weight is 313 g/mol. The number of thioether (sulfide) groups is 1. The second kappa shape index (κ2) is 5.66. The summed E-state index contributed by atoms with van der Waals surface area (Å²) in [6.45, 7) is 0.843. The first-order valence-electron chi connectivity index (χ1n) is 7.09. The number of nitrogens with two attached hydrogens (primary N) is 1. The minimum Gasteiger partial charge on any atom is -0.397 e. The summed E-state index contributed by atoms with van der Waals surface area (Å²) in [4.78, 5) is 2.29. The number of hydrogen-bond donors (Lipinski definition) is 1. The molecule has 2 aliphatic rings. The third-order valence-electron chi connectivity index (χ3n) is 4.45. The van der Waals surface area contributed by atoms with E-state index in [1.54, 1.807) is 0 Å². The highest BCUT2D eigenvalue weighted by Gasteiger charge is 2.41. The summed E-state index contributed by atoms with van der Waals surface area (Å²) in [5.74, 6) is 2.35. The molecule has 2 aliphatic heterocycles. The molecule has 2 N–H and O–H groups in total. The van der Waals surface area contributed by atoms with Gasteiger partial charge in [0.25, 0.3) is 0 Å². The Morgan fingerprint density at radius 3 is 3.10 bits per heavy atom. The Labute approximate surface area is 129 Å². The van der Waals surface area contributed by atoms with E-state index in [4.69, 9.17) is 22.1 Å². The molecule has 0 bridgehead atoms. The van der Waals surface area contributed by atoms with Crippen LogP contribution in [-0.4, -0.2) is 36.8 Å². The van der Waals surface area contributed by atoms with Crippen LogP contribution in [0.5, 0.6) is 0 Å². The van der Waals surface area contributed by atoms with Gasteiger partial charge in [-0.15, -0.1) is 0 Å². The van der Waals surface area contributed by atoms with E-state index in [0.717, 1.165) is 41.6 Å². The molecule has 0 aliphatic carbocycles. The van der Waals surface area contributed by atoms with Gasteiger partial charge in [-0.3, -0.25) is 0 Å². The van der Waals surface area contributed by atoms with Gasteiger partial charge in [0.15, 0.2) is 0 Å². The molecule has 0 radical (unpaired) electrons. The second-order valence-corrected chi connectivity index (χ2v) is 7.34. The van der Waals surface area contributed by atoms with Crippen molar-refractivity contribution in [2.45, 2.75) is 30.9 Å². The van der Waals surface area contributed by atoms with Gasteiger partial charge in [-0.1, -0.05) is 11.6 Å². The number of rotatable bonds is 2. The Hall–Kier alpha value is -0.580. The topological polar surface area (TPSA) is 38.5 Å².